The molecule has 0 heterocycles. The molecule has 5 heteroatoms. The minimum atomic E-state index is -0.742. The fraction of sp³-hybridized carbons (Fsp3) is 0.231. The fourth-order valence-corrected chi connectivity index (χ4v) is 1.27. The van der Waals surface area contributed by atoms with Crippen LogP contribution in [0.3, 0.4) is 0 Å². The first-order valence-corrected chi connectivity index (χ1v) is 5.31. The second-order valence-electron chi connectivity index (χ2n) is 3.32. The molecule has 0 saturated heterocycles. The molecule has 0 spiro atoms. The molecular weight excluding hydrogens is 239 g/mol. The summed E-state index contributed by atoms with van der Waals surface area (Å²) in [6.45, 7) is 1.97. The molecule has 0 fully saturated rings. The summed E-state index contributed by atoms with van der Waals surface area (Å²) in [5.74, 6) is -1.95. The van der Waals surface area contributed by atoms with Gasteiger partial charge in [0.2, 0.25) is 0 Å². The molecule has 0 amide bonds. The van der Waals surface area contributed by atoms with E-state index >= 15 is 0 Å². The largest absolute Gasteiger partial charge is 0.465 e. The molecule has 1 aromatic carbocycles. The van der Waals surface area contributed by atoms with Crippen molar-refractivity contribution in [2.24, 2.45) is 0 Å². The highest BCUT2D eigenvalue weighted by Crippen LogP contribution is 2.12. The number of ether oxygens (including phenoxy) is 2. The molecular formula is C13H13FO4. The van der Waals surface area contributed by atoms with Crippen LogP contribution in [0, 0.1) is 5.82 Å². The van der Waals surface area contributed by atoms with Gasteiger partial charge in [0, 0.05) is 6.08 Å². The molecule has 0 aromatic heterocycles. The number of hydrogen-bond donors (Lipinski definition) is 0. The normalized spacial score (nSPS) is 10.4. The van der Waals surface area contributed by atoms with Crippen LogP contribution in [-0.2, 0) is 14.3 Å². The van der Waals surface area contributed by atoms with Crippen LogP contribution in [0.15, 0.2) is 24.3 Å². The van der Waals surface area contributed by atoms with E-state index in [4.69, 9.17) is 0 Å². The number of methoxy groups -OCH3 is 1. The van der Waals surface area contributed by atoms with Gasteiger partial charge in [0.05, 0.1) is 19.3 Å². The highest BCUT2D eigenvalue weighted by atomic mass is 19.1. The van der Waals surface area contributed by atoms with Crippen molar-refractivity contribution in [1.29, 1.82) is 0 Å². The third kappa shape index (κ3) is 3.69. The van der Waals surface area contributed by atoms with Crippen LogP contribution in [0.2, 0.25) is 0 Å². The standard InChI is InChI=1S/C13H13FO4/c1-3-18-12(15)7-5-9-4-6-10(11(14)8-9)13(16)17-2/h4-8H,3H2,1-2H3/b7-5+. The Balaban J connectivity index is 2.85. The zero-order valence-electron chi connectivity index (χ0n) is 10.1. The number of carbonyl (C=O) groups is 2. The lowest BCUT2D eigenvalue weighted by Gasteiger charge is -2.02. The topological polar surface area (TPSA) is 52.6 Å². The van der Waals surface area contributed by atoms with Crippen molar-refractivity contribution in [3.8, 4) is 0 Å². The lowest BCUT2D eigenvalue weighted by molar-refractivity contribution is -0.137. The number of benzene rings is 1. The van der Waals surface area contributed by atoms with Crippen molar-refractivity contribution in [3.63, 3.8) is 0 Å². The molecule has 0 aliphatic heterocycles. The third-order valence-electron chi connectivity index (χ3n) is 2.10. The van der Waals surface area contributed by atoms with Gasteiger partial charge in [-0.15, -0.1) is 0 Å². The Morgan fingerprint density at radius 3 is 2.67 bits per heavy atom. The van der Waals surface area contributed by atoms with Gasteiger partial charge in [-0.1, -0.05) is 6.07 Å². The van der Waals surface area contributed by atoms with Gasteiger partial charge in [0.15, 0.2) is 0 Å². The van der Waals surface area contributed by atoms with Gasteiger partial charge < -0.3 is 9.47 Å². The quantitative estimate of drug-likeness (QED) is 0.609. The summed E-state index contributed by atoms with van der Waals surface area (Å²) >= 11 is 0. The molecule has 1 aromatic rings. The maximum Gasteiger partial charge on any atom is 0.340 e. The molecule has 0 unspecified atom stereocenters. The molecule has 0 aliphatic rings. The minimum Gasteiger partial charge on any atom is -0.465 e. The van der Waals surface area contributed by atoms with Gasteiger partial charge in [0.1, 0.15) is 5.82 Å². The first-order chi connectivity index (χ1) is 8.58. The summed E-state index contributed by atoms with van der Waals surface area (Å²) in [7, 11) is 1.18. The average Bonchev–Trinajstić information content (AvgIpc) is 2.36. The first-order valence-electron chi connectivity index (χ1n) is 5.31. The van der Waals surface area contributed by atoms with E-state index in [1.165, 1.54) is 31.4 Å². The van der Waals surface area contributed by atoms with E-state index in [-0.39, 0.29) is 12.2 Å². The van der Waals surface area contributed by atoms with Crippen molar-refractivity contribution >= 4 is 18.0 Å². The van der Waals surface area contributed by atoms with Crippen LogP contribution in [0.1, 0.15) is 22.8 Å². The maximum atomic E-state index is 13.5. The zero-order valence-corrected chi connectivity index (χ0v) is 10.1. The van der Waals surface area contributed by atoms with E-state index in [0.717, 1.165) is 6.07 Å². The molecule has 0 N–H and O–H groups in total. The smallest absolute Gasteiger partial charge is 0.340 e. The molecule has 0 atom stereocenters. The summed E-state index contributed by atoms with van der Waals surface area (Å²) < 4.78 is 22.6. The van der Waals surface area contributed by atoms with Crippen LogP contribution in [0.5, 0.6) is 0 Å². The summed E-state index contributed by atoms with van der Waals surface area (Å²) in [4.78, 5) is 22.2. The number of halogens is 1. The number of rotatable bonds is 4. The van der Waals surface area contributed by atoms with Crippen molar-refractivity contribution in [3.05, 3.63) is 41.2 Å². The predicted molar refractivity (Wildman–Crippen MR) is 63.4 cm³/mol. The first kappa shape index (κ1) is 13.9. The average molecular weight is 252 g/mol. The van der Waals surface area contributed by atoms with Gasteiger partial charge in [-0.05, 0) is 30.7 Å². The fourth-order valence-electron chi connectivity index (χ4n) is 1.27. The van der Waals surface area contributed by atoms with Gasteiger partial charge in [-0.25, -0.2) is 14.0 Å². The second-order valence-corrected chi connectivity index (χ2v) is 3.32. The number of carbonyl (C=O) groups excluding carboxylic acids is 2. The van der Waals surface area contributed by atoms with Crippen LogP contribution in [0.25, 0.3) is 6.08 Å². The van der Waals surface area contributed by atoms with E-state index in [1.54, 1.807) is 6.92 Å². The van der Waals surface area contributed by atoms with E-state index in [0.29, 0.717) is 5.56 Å². The molecule has 96 valence electrons. The van der Waals surface area contributed by atoms with Gasteiger partial charge in [0.25, 0.3) is 0 Å². The van der Waals surface area contributed by atoms with Gasteiger partial charge >= 0.3 is 11.9 Å². The Morgan fingerprint density at radius 2 is 2.11 bits per heavy atom. The highest BCUT2D eigenvalue weighted by molar-refractivity contribution is 5.90. The number of esters is 2. The monoisotopic (exact) mass is 252 g/mol. The lowest BCUT2D eigenvalue weighted by Crippen LogP contribution is -2.04. The van der Waals surface area contributed by atoms with Crippen LogP contribution >= 0.6 is 0 Å². The predicted octanol–water partition coefficient (Wildman–Crippen LogP) is 2.19. The van der Waals surface area contributed by atoms with Crippen LogP contribution in [-0.4, -0.2) is 25.7 Å². The van der Waals surface area contributed by atoms with Crippen LogP contribution in [0.4, 0.5) is 4.39 Å². The van der Waals surface area contributed by atoms with Crippen molar-refractivity contribution in [2.45, 2.75) is 6.92 Å². The summed E-state index contributed by atoms with van der Waals surface area (Å²) in [5, 5.41) is 0. The van der Waals surface area contributed by atoms with Gasteiger partial charge in [-0.2, -0.15) is 0 Å². The molecule has 0 saturated carbocycles. The Hall–Kier alpha value is -2.17. The number of hydrogen-bond acceptors (Lipinski definition) is 4. The van der Waals surface area contributed by atoms with E-state index in [2.05, 4.69) is 9.47 Å². The van der Waals surface area contributed by atoms with Crippen molar-refractivity contribution < 1.29 is 23.5 Å². The maximum absolute atomic E-state index is 13.5. The summed E-state index contributed by atoms with van der Waals surface area (Å²) in [6.07, 6.45) is 2.60. The van der Waals surface area contributed by atoms with E-state index < -0.39 is 17.8 Å². The van der Waals surface area contributed by atoms with Crippen LogP contribution < -0.4 is 0 Å². The Morgan fingerprint density at radius 1 is 1.39 bits per heavy atom. The lowest BCUT2D eigenvalue weighted by atomic mass is 10.1. The Bertz CT molecular complexity index is 480. The minimum absolute atomic E-state index is 0.147. The zero-order chi connectivity index (χ0) is 13.5. The van der Waals surface area contributed by atoms with Gasteiger partial charge in [-0.3, -0.25) is 0 Å². The Kier molecular flexibility index (Phi) is 5.05. The SMILES string of the molecule is CCOC(=O)/C=C/c1ccc(C(=O)OC)c(F)c1. The molecule has 0 bridgehead atoms. The molecule has 1 rings (SSSR count). The van der Waals surface area contributed by atoms with Crippen molar-refractivity contribution in [2.75, 3.05) is 13.7 Å². The Labute approximate surface area is 104 Å². The van der Waals surface area contributed by atoms with E-state index in [1.807, 2.05) is 0 Å². The molecule has 18 heavy (non-hydrogen) atoms. The highest BCUT2D eigenvalue weighted by Gasteiger charge is 2.11. The van der Waals surface area contributed by atoms with Crippen molar-refractivity contribution in [1.82, 2.24) is 0 Å². The summed E-state index contributed by atoms with van der Waals surface area (Å²) in [5.41, 5.74) is 0.305. The second kappa shape index (κ2) is 6.54. The summed E-state index contributed by atoms with van der Waals surface area (Å²) in [6, 6.07) is 3.94. The molecule has 0 aliphatic carbocycles. The van der Waals surface area contributed by atoms with E-state index in [9.17, 15) is 14.0 Å². The third-order valence-corrected chi connectivity index (χ3v) is 2.10. The molecule has 4 nitrogen and oxygen atoms in total. The molecule has 0 radical (unpaired) electrons.